The van der Waals surface area contributed by atoms with Gasteiger partial charge in [-0.2, -0.15) is 0 Å². The lowest BCUT2D eigenvalue weighted by molar-refractivity contribution is -0.321. The van der Waals surface area contributed by atoms with Gasteiger partial charge in [-0.1, -0.05) is 19.8 Å². The number of nitrogens with zero attached hydrogens (tertiary/aromatic N) is 1. The third-order valence-corrected chi connectivity index (χ3v) is 7.06. The maximum Gasteiger partial charge on any atom is 0.522 e. The molecule has 1 saturated carbocycles. The van der Waals surface area contributed by atoms with Crippen molar-refractivity contribution >= 4 is 23.5 Å². The summed E-state index contributed by atoms with van der Waals surface area (Å²) in [6.07, 6.45) is -2.83. The number of aliphatic hydroxyl groups is 1. The minimum absolute atomic E-state index is 0.0804. The highest BCUT2D eigenvalue weighted by Crippen LogP contribution is 2.42. The number of halogens is 3. The van der Waals surface area contributed by atoms with Crippen LogP contribution in [-0.2, 0) is 23.9 Å². The highest BCUT2D eigenvalue weighted by atomic mass is 19.4. The van der Waals surface area contributed by atoms with E-state index in [1.165, 1.54) is 4.90 Å². The molecular weight excluding hydrogens is 459 g/mol. The lowest BCUT2D eigenvalue weighted by atomic mass is 9.92. The van der Waals surface area contributed by atoms with Crippen LogP contribution in [0.4, 0.5) is 13.2 Å². The first kappa shape index (κ1) is 26.4. The summed E-state index contributed by atoms with van der Waals surface area (Å²) in [5.41, 5.74) is 0. The summed E-state index contributed by atoms with van der Waals surface area (Å²) in [4.78, 5) is 52.1. The number of rotatable bonds is 10. The number of likely N-dealkylation sites (tertiary alicyclic amines) is 1. The number of ether oxygens (including phenoxy) is 1. The number of amides is 3. The molecule has 0 aromatic rings. The average Bonchev–Trinajstić information content (AvgIpc) is 3.46. The zero-order valence-corrected chi connectivity index (χ0v) is 19.1. The quantitative estimate of drug-likeness (QED) is 0.417. The Balaban J connectivity index is 1.77. The third kappa shape index (κ3) is 6.26. The van der Waals surface area contributed by atoms with Crippen LogP contribution in [0.5, 0.6) is 0 Å². The Bertz CT molecular complexity index is 792. The SMILES string of the molecule is CCC[C@@H](O)C(=O)N1C[C@@H]2CCC[C@@H]2[C@H]1C(=O)N[C@@H](C[C@@H]1CCNC1=O)C(=O)COC(F)(F)F. The van der Waals surface area contributed by atoms with Crippen molar-refractivity contribution in [1.82, 2.24) is 15.5 Å². The van der Waals surface area contributed by atoms with E-state index in [9.17, 15) is 37.5 Å². The number of carbonyl (C=O) groups is 4. The van der Waals surface area contributed by atoms with Crippen LogP contribution >= 0.6 is 0 Å². The molecular formula is C22H32F3N3O6. The minimum Gasteiger partial charge on any atom is -0.383 e. The molecule has 3 fully saturated rings. The molecule has 3 rings (SSSR count). The van der Waals surface area contributed by atoms with E-state index in [1.807, 2.05) is 6.92 Å². The summed E-state index contributed by atoms with van der Waals surface area (Å²) >= 11 is 0. The fourth-order valence-corrected chi connectivity index (χ4v) is 5.39. The maximum absolute atomic E-state index is 13.4. The second-order valence-corrected chi connectivity index (χ2v) is 9.37. The van der Waals surface area contributed by atoms with Gasteiger partial charge in [-0.05, 0) is 43.9 Å². The van der Waals surface area contributed by atoms with Crippen molar-refractivity contribution in [2.75, 3.05) is 19.7 Å². The first-order valence-electron chi connectivity index (χ1n) is 11.8. The predicted molar refractivity (Wildman–Crippen MR) is 112 cm³/mol. The van der Waals surface area contributed by atoms with Crippen LogP contribution in [0.2, 0.25) is 0 Å². The van der Waals surface area contributed by atoms with Crippen LogP contribution in [0.1, 0.15) is 51.9 Å². The van der Waals surface area contributed by atoms with E-state index < -0.39 is 54.7 Å². The van der Waals surface area contributed by atoms with Gasteiger partial charge < -0.3 is 20.6 Å². The summed E-state index contributed by atoms with van der Waals surface area (Å²) in [5.74, 6) is -3.26. The molecule has 0 unspecified atom stereocenters. The van der Waals surface area contributed by atoms with Crippen molar-refractivity contribution in [2.24, 2.45) is 17.8 Å². The van der Waals surface area contributed by atoms with E-state index in [-0.39, 0.29) is 30.6 Å². The summed E-state index contributed by atoms with van der Waals surface area (Å²) in [5, 5.41) is 15.4. The number of aliphatic hydroxyl groups excluding tert-OH is 1. The minimum atomic E-state index is -5.02. The second-order valence-electron chi connectivity index (χ2n) is 9.37. The lowest BCUT2D eigenvalue weighted by Crippen LogP contribution is -2.55. The molecule has 12 heteroatoms. The van der Waals surface area contributed by atoms with Crippen molar-refractivity contribution in [3.8, 4) is 0 Å². The van der Waals surface area contributed by atoms with Gasteiger partial charge >= 0.3 is 6.36 Å². The van der Waals surface area contributed by atoms with Crippen LogP contribution in [0.3, 0.4) is 0 Å². The number of Topliss-reactive ketones (excluding diaryl/α,β-unsaturated/α-hetero) is 1. The number of fused-ring (bicyclic) bond motifs is 1. The summed E-state index contributed by atoms with van der Waals surface area (Å²) in [6, 6.07) is -2.30. The molecule has 0 spiro atoms. The van der Waals surface area contributed by atoms with E-state index in [0.717, 1.165) is 12.8 Å². The van der Waals surface area contributed by atoms with Crippen molar-refractivity contribution < 1.29 is 42.2 Å². The first-order valence-corrected chi connectivity index (χ1v) is 11.8. The molecule has 3 N–H and O–H groups in total. The van der Waals surface area contributed by atoms with E-state index in [4.69, 9.17) is 0 Å². The fraction of sp³-hybridized carbons (Fsp3) is 0.818. The largest absolute Gasteiger partial charge is 0.522 e. The zero-order valence-electron chi connectivity index (χ0n) is 19.1. The topological polar surface area (TPSA) is 125 Å². The molecule has 192 valence electrons. The van der Waals surface area contributed by atoms with Crippen molar-refractivity contribution in [3.63, 3.8) is 0 Å². The van der Waals surface area contributed by atoms with Gasteiger partial charge in [-0.3, -0.25) is 23.9 Å². The molecule has 2 heterocycles. The number of hydrogen-bond acceptors (Lipinski definition) is 6. The van der Waals surface area contributed by atoms with Gasteiger partial charge in [0.25, 0.3) is 5.91 Å². The molecule has 3 amide bonds. The highest BCUT2D eigenvalue weighted by Gasteiger charge is 2.50. The monoisotopic (exact) mass is 491 g/mol. The van der Waals surface area contributed by atoms with Gasteiger partial charge in [0.05, 0.1) is 6.04 Å². The lowest BCUT2D eigenvalue weighted by Gasteiger charge is -2.30. The van der Waals surface area contributed by atoms with Gasteiger partial charge in [0.1, 0.15) is 18.8 Å². The second kappa shape index (κ2) is 11.0. The molecule has 2 saturated heterocycles. The normalized spacial score (nSPS) is 28.4. The van der Waals surface area contributed by atoms with Gasteiger partial charge in [-0.15, -0.1) is 13.2 Å². The Morgan fingerprint density at radius 3 is 2.62 bits per heavy atom. The molecule has 1 aliphatic carbocycles. The predicted octanol–water partition coefficient (Wildman–Crippen LogP) is 0.891. The number of hydrogen-bond donors (Lipinski definition) is 3. The Morgan fingerprint density at radius 2 is 2.00 bits per heavy atom. The van der Waals surface area contributed by atoms with Gasteiger partial charge in [0, 0.05) is 19.0 Å². The van der Waals surface area contributed by atoms with E-state index in [0.29, 0.717) is 32.4 Å². The van der Waals surface area contributed by atoms with Gasteiger partial charge in [0.2, 0.25) is 11.8 Å². The first-order chi connectivity index (χ1) is 16.0. The van der Waals surface area contributed by atoms with Crippen molar-refractivity contribution in [2.45, 2.75) is 76.4 Å². The maximum atomic E-state index is 13.4. The Hall–Kier alpha value is -2.21. The number of ketones is 1. The van der Waals surface area contributed by atoms with E-state index in [1.54, 1.807) is 0 Å². The smallest absolute Gasteiger partial charge is 0.383 e. The van der Waals surface area contributed by atoms with Crippen LogP contribution in [0.25, 0.3) is 0 Å². The molecule has 9 nitrogen and oxygen atoms in total. The van der Waals surface area contributed by atoms with Crippen LogP contribution < -0.4 is 10.6 Å². The number of nitrogens with one attached hydrogen (secondary N) is 2. The molecule has 34 heavy (non-hydrogen) atoms. The van der Waals surface area contributed by atoms with Gasteiger partial charge in [0.15, 0.2) is 5.78 Å². The summed E-state index contributed by atoms with van der Waals surface area (Å²) in [6.45, 7) is 1.21. The van der Waals surface area contributed by atoms with E-state index in [2.05, 4.69) is 15.4 Å². The Morgan fingerprint density at radius 1 is 1.26 bits per heavy atom. The average molecular weight is 492 g/mol. The third-order valence-electron chi connectivity index (χ3n) is 7.06. The highest BCUT2D eigenvalue weighted by molar-refractivity contribution is 5.95. The van der Waals surface area contributed by atoms with Gasteiger partial charge in [-0.25, -0.2) is 0 Å². The van der Waals surface area contributed by atoms with Crippen LogP contribution in [0.15, 0.2) is 0 Å². The Kier molecular flexibility index (Phi) is 8.56. The van der Waals surface area contributed by atoms with Crippen LogP contribution in [0, 0.1) is 17.8 Å². The molecule has 3 aliphatic rings. The number of alkyl halides is 3. The van der Waals surface area contributed by atoms with E-state index >= 15 is 0 Å². The molecule has 0 aromatic heterocycles. The van der Waals surface area contributed by atoms with Crippen molar-refractivity contribution in [3.05, 3.63) is 0 Å². The Labute approximate surface area is 195 Å². The molecule has 0 radical (unpaired) electrons. The van der Waals surface area contributed by atoms with Crippen LogP contribution in [-0.4, -0.2) is 77.8 Å². The fourth-order valence-electron chi connectivity index (χ4n) is 5.39. The molecule has 0 aromatic carbocycles. The molecule has 6 atom stereocenters. The standard InChI is InChI=1S/C22H32F3N3O6/c1-2-4-16(29)21(33)28-10-13-5-3-6-14(13)18(28)20(32)27-15(9-12-7-8-26-19(12)31)17(30)11-34-22(23,24)25/h12-16,18,29H,2-11H2,1H3,(H,26,31)(H,27,32)/t12-,13-,14-,15-,16+,18-/m0/s1. The molecule has 0 bridgehead atoms. The van der Waals surface area contributed by atoms with Crippen molar-refractivity contribution in [1.29, 1.82) is 0 Å². The molecule has 2 aliphatic heterocycles. The number of carbonyl (C=O) groups excluding carboxylic acids is 4. The summed E-state index contributed by atoms with van der Waals surface area (Å²) < 4.78 is 41.1. The summed E-state index contributed by atoms with van der Waals surface area (Å²) in [7, 11) is 0. The zero-order chi connectivity index (χ0) is 25.0.